The minimum absolute atomic E-state index is 0.0122. The van der Waals surface area contributed by atoms with E-state index in [0.29, 0.717) is 30.3 Å². The molecule has 0 aliphatic carbocycles. The van der Waals surface area contributed by atoms with Gasteiger partial charge in [0.05, 0.1) is 14.2 Å². The number of rotatable bonds is 5. The van der Waals surface area contributed by atoms with Gasteiger partial charge in [-0.1, -0.05) is 12.1 Å². The molecule has 1 saturated heterocycles. The van der Waals surface area contributed by atoms with Crippen LogP contribution in [0.4, 0.5) is 5.69 Å². The maximum Gasteiger partial charge on any atom is 0.273 e. The van der Waals surface area contributed by atoms with E-state index in [2.05, 4.69) is 41.1 Å². The Bertz CT molecular complexity index is 1040. The minimum Gasteiger partial charge on any atom is -0.493 e. The summed E-state index contributed by atoms with van der Waals surface area (Å²) in [6.07, 6.45) is 0. The molecule has 0 N–H and O–H groups in total. The molecule has 3 aromatic rings. The number of carbonyl (C=O) groups excluding carboxylic acids is 1. The van der Waals surface area contributed by atoms with Crippen LogP contribution in [0, 0.1) is 6.92 Å². The van der Waals surface area contributed by atoms with E-state index in [-0.39, 0.29) is 5.91 Å². The molecule has 1 aromatic heterocycles. The summed E-state index contributed by atoms with van der Waals surface area (Å²) in [5.41, 5.74) is 3.86. The van der Waals surface area contributed by atoms with Crippen LogP contribution in [0.25, 0.3) is 10.6 Å². The Labute approximate surface area is 180 Å². The number of aromatic nitrogens is 1. The van der Waals surface area contributed by atoms with Crippen LogP contribution in [0.1, 0.15) is 16.1 Å². The smallest absolute Gasteiger partial charge is 0.273 e. The quantitative estimate of drug-likeness (QED) is 0.619. The van der Waals surface area contributed by atoms with Gasteiger partial charge in [-0.2, -0.15) is 0 Å². The first-order valence-electron chi connectivity index (χ1n) is 9.88. The molecule has 1 aliphatic heterocycles. The van der Waals surface area contributed by atoms with E-state index < -0.39 is 0 Å². The molecular formula is C23H25N3O3S. The van der Waals surface area contributed by atoms with Crippen molar-refractivity contribution in [3.8, 4) is 22.1 Å². The van der Waals surface area contributed by atoms with Gasteiger partial charge in [-0.25, -0.2) is 4.98 Å². The second-order valence-electron chi connectivity index (χ2n) is 7.23. The summed E-state index contributed by atoms with van der Waals surface area (Å²) in [6, 6.07) is 14.1. The largest absolute Gasteiger partial charge is 0.493 e. The number of hydrogen-bond donors (Lipinski definition) is 0. The zero-order chi connectivity index (χ0) is 21.1. The van der Waals surface area contributed by atoms with Crippen LogP contribution in [0.5, 0.6) is 11.5 Å². The number of piperazine rings is 1. The lowest BCUT2D eigenvalue weighted by Crippen LogP contribution is -2.48. The summed E-state index contributed by atoms with van der Waals surface area (Å²) in [4.78, 5) is 21.8. The Balaban J connectivity index is 1.44. The average Bonchev–Trinajstić information content (AvgIpc) is 3.28. The van der Waals surface area contributed by atoms with Gasteiger partial charge in [-0.15, -0.1) is 11.3 Å². The number of anilines is 1. The van der Waals surface area contributed by atoms with Crippen molar-refractivity contribution in [3.63, 3.8) is 0 Å². The van der Waals surface area contributed by atoms with Crippen LogP contribution in [0.2, 0.25) is 0 Å². The summed E-state index contributed by atoms with van der Waals surface area (Å²) in [5.74, 6) is 1.30. The molecule has 4 rings (SSSR count). The van der Waals surface area contributed by atoms with E-state index >= 15 is 0 Å². The standard InChI is InChI=1S/C23H25N3O3S/c1-16-5-4-6-18(13-16)25-9-11-26(12-10-25)23(27)19-15-30-22(24-19)17-7-8-20(28-2)21(14-17)29-3/h4-8,13-15H,9-12H2,1-3H3. The molecule has 2 aromatic carbocycles. The van der Waals surface area contributed by atoms with Gasteiger partial charge in [-0.3, -0.25) is 4.79 Å². The number of aryl methyl sites for hydroxylation is 1. The maximum atomic E-state index is 13.0. The van der Waals surface area contributed by atoms with Crippen molar-refractivity contribution in [1.29, 1.82) is 0 Å². The van der Waals surface area contributed by atoms with Gasteiger partial charge >= 0.3 is 0 Å². The third-order valence-electron chi connectivity index (χ3n) is 5.29. The second kappa shape index (κ2) is 8.75. The molecule has 0 radical (unpaired) electrons. The van der Waals surface area contributed by atoms with E-state index in [1.165, 1.54) is 22.6 Å². The maximum absolute atomic E-state index is 13.0. The molecule has 2 heterocycles. The highest BCUT2D eigenvalue weighted by Crippen LogP contribution is 2.33. The fourth-order valence-electron chi connectivity index (χ4n) is 3.63. The lowest BCUT2D eigenvalue weighted by atomic mass is 10.2. The molecule has 6 nitrogen and oxygen atoms in total. The Kier molecular flexibility index (Phi) is 5.90. The zero-order valence-electron chi connectivity index (χ0n) is 17.4. The molecular weight excluding hydrogens is 398 g/mol. The molecule has 0 saturated carbocycles. The van der Waals surface area contributed by atoms with Gasteiger partial charge in [0.2, 0.25) is 0 Å². The van der Waals surface area contributed by atoms with E-state index in [9.17, 15) is 4.79 Å². The van der Waals surface area contributed by atoms with Crippen LogP contribution in [0.3, 0.4) is 0 Å². The SMILES string of the molecule is COc1ccc(-c2nc(C(=O)N3CCN(c4cccc(C)c4)CC3)cs2)cc1OC. The summed E-state index contributed by atoms with van der Waals surface area (Å²) in [5, 5.41) is 2.62. The Morgan fingerprint density at radius 1 is 1.00 bits per heavy atom. The summed E-state index contributed by atoms with van der Waals surface area (Å²) >= 11 is 1.46. The van der Waals surface area contributed by atoms with E-state index in [0.717, 1.165) is 23.7 Å². The van der Waals surface area contributed by atoms with Gasteiger partial charge < -0.3 is 19.3 Å². The van der Waals surface area contributed by atoms with Crippen molar-refractivity contribution < 1.29 is 14.3 Å². The van der Waals surface area contributed by atoms with Crippen molar-refractivity contribution in [2.24, 2.45) is 0 Å². The molecule has 30 heavy (non-hydrogen) atoms. The first-order valence-corrected chi connectivity index (χ1v) is 10.8. The Morgan fingerprint density at radius 3 is 2.47 bits per heavy atom. The highest BCUT2D eigenvalue weighted by molar-refractivity contribution is 7.13. The lowest BCUT2D eigenvalue weighted by molar-refractivity contribution is 0.0742. The van der Waals surface area contributed by atoms with Crippen LogP contribution < -0.4 is 14.4 Å². The molecule has 1 amide bonds. The zero-order valence-corrected chi connectivity index (χ0v) is 18.2. The van der Waals surface area contributed by atoms with Crippen molar-refractivity contribution in [3.05, 3.63) is 59.1 Å². The lowest BCUT2D eigenvalue weighted by Gasteiger charge is -2.36. The summed E-state index contributed by atoms with van der Waals surface area (Å²) < 4.78 is 10.7. The number of nitrogens with zero attached hydrogens (tertiary/aromatic N) is 3. The number of benzene rings is 2. The fourth-order valence-corrected chi connectivity index (χ4v) is 4.42. The third-order valence-corrected chi connectivity index (χ3v) is 6.18. The number of thiazole rings is 1. The van der Waals surface area contributed by atoms with E-state index in [1.54, 1.807) is 14.2 Å². The van der Waals surface area contributed by atoms with Crippen LogP contribution in [0.15, 0.2) is 47.8 Å². The van der Waals surface area contributed by atoms with Crippen LogP contribution >= 0.6 is 11.3 Å². The average molecular weight is 424 g/mol. The fraction of sp³-hybridized carbons (Fsp3) is 0.304. The van der Waals surface area contributed by atoms with Gasteiger partial charge in [-0.05, 0) is 42.8 Å². The number of hydrogen-bond acceptors (Lipinski definition) is 6. The second-order valence-corrected chi connectivity index (χ2v) is 8.08. The predicted molar refractivity (Wildman–Crippen MR) is 120 cm³/mol. The first-order chi connectivity index (χ1) is 14.6. The molecule has 1 aliphatic rings. The molecule has 7 heteroatoms. The van der Waals surface area contributed by atoms with E-state index in [4.69, 9.17) is 9.47 Å². The molecule has 1 fully saturated rings. The first kappa shape index (κ1) is 20.2. The third kappa shape index (κ3) is 4.11. The molecule has 0 spiro atoms. The molecule has 0 atom stereocenters. The highest BCUT2D eigenvalue weighted by atomic mass is 32.1. The van der Waals surface area contributed by atoms with Crippen LogP contribution in [-0.4, -0.2) is 56.2 Å². The number of amides is 1. The van der Waals surface area contributed by atoms with Crippen molar-refractivity contribution in [2.45, 2.75) is 6.92 Å². The minimum atomic E-state index is -0.0122. The van der Waals surface area contributed by atoms with Crippen LogP contribution in [-0.2, 0) is 0 Å². The number of ether oxygens (including phenoxy) is 2. The normalized spacial score (nSPS) is 14.0. The topological polar surface area (TPSA) is 54.9 Å². The van der Waals surface area contributed by atoms with E-state index in [1.807, 2.05) is 28.5 Å². The Morgan fingerprint density at radius 2 is 1.77 bits per heavy atom. The monoisotopic (exact) mass is 423 g/mol. The highest BCUT2D eigenvalue weighted by Gasteiger charge is 2.24. The van der Waals surface area contributed by atoms with Gasteiger partial charge in [0.1, 0.15) is 10.7 Å². The van der Waals surface area contributed by atoms with Crippen molar-refractivity contribution >= 4 is 22.9 Å². The van der Waals surface area contributed by atoms with Crippen molar-refractivity contribution in [1.82, 2.24) is 9.88 Å². The molecule has 156 valence electrons. The van der Waals surface area contributed by atoms with Gasteiger partial charge in [0.15, 0.2) is 11.5 Å². The Hall–Kier alpha value is -3.06. The molecule has 0 unspecified atom stereocenters. The number of methoxy groups -OCH3 is 2. The van der Waals surface area contributed by atoms with Gasteiger partial charge in [0, 0.05) is 42.8 Å². The van der Waals surface area contributed by atoms with Crippen molar-refractivity contribution in [2.75, 3.05) is 45.3 Å². The van der Waals surface area contributed by atoms with Gasteiger partial charge in [0.25, 0.3) is 5.91 Å². The predicted octanol–water partition coefficient (Wildman–Crippen LogP) is 4.10. The summed E-state index contributed by atoms with van der Waals surface area (Å²) in [7, 11) is 3.21. The summed E-state index contributed by atoms with van der Waals surface area (Å²) in [6.45, 7) is 5.12. The number of carbonyl (C=O) groups is 1. The molecule has 0 bridgehead atoms.